The molecule has 0 saturated carbocycles. The fraction of sp³-hybridized carbons (Fsp3) is 0.500. The highest BCUT2D eigenvalue weighted by Crippen LogP contribution is 2.10. The van der Waals surface area contributed by atoms with Gasteiger partial charge in [-0.25, -0.2) is 4.98 Å². The summed E-state index contributed by atoms with van der Waals surface area (Å²) in [6.07, 6.45) is 0.126. The molecule has 1 atom stereocenters. The van der Waals surface area contributed by atoms with Crippen molar-refractivity contribution in [3.05, 3.63) is 11.1 Å². The lowest BCUT2D eigenvalue weighted by molar-refractivity contribution is 0.0941. The second kappa shape index (κ2) is 4.92. The zero-order valence-corrected chi connectivity index (χ0v) is 8.67. The topological polar surface area (TPSA) is 88.2 Å². The zero-order valence-electron chi connectivity index (χ0n) is 7.86. The van der Waals surface area contributed by atoms with Gasteiger partial charge in [0.1, 0.15) is 5.69 Å². The highest BCUT2D eigenvalue weighted by atomic mass is 32.1. The van der Waals surface area contributed by atoms with Crippen molar-refractivity contribution < 1.29 is 9.90 Å². The monoisotopic (exact) mass is 215 g/mol. The van der Waals surface area contributed by atoms with Crippen molar-refractivity contribution in [1.82, 2.24) is 10.3 Å². The average Bonchev–Trinajstić information content (AvgIpc) is 2.51. The summed E-state index contributed by atoms with van der Waals surface area (Å²) in [5, 5.41) is 13.6. The normalized spacial score (nSPS) is 12.4. The highest BCUT2D eigenvalue weighted by Gasteiger charge is 2.08. The number of aliphatic hydroxyl groups excluding tert-OH is 1. The first-order valence-electron chi connectivity index (χ1n) is 4.27. The maximum Gasteiger partial charge on any atom is 0.270 e. The van der Waals surface area contributed by atoms with Crippen molar-refractivity contribution in [3.8, 4) is 0 Å². The summed E-state index contributed by atoms with van der Waals surface area (Å²) in [6, 6.07) is 0. The van der Waals surface area contributed by atoms with Crippen LogP contribution >= 0.6 is 11.3 Å². The van der Waals surface area contributed by atoms with E-state index in [1.165, 1.54) is 11.3 Å². The molecule has 1 amide bonds. The van der Waals surface area contributed by atoms with Gasteiger partial charge in [0.15, 0.2) is 5.13 Å². The summed E-state index contributed by atoms with van der Waals surface area (Å²) in [6.45, 7) is 2.11. The van der Waals surface area contributed by atoms with E-state index in [-0.39, 0.29) is 5.91 Å². The van der Waals surface area contributed by atoms with E-state index in [9.17, 15) is 4.79 Å². The van der Waals surface area contributed by atoms with Gasteiger partial charge >= 0.3 is 0 Å². The molecule has 0 aliphatic rings. The fourth-order valence-electron chi connectivity index (χ4n) is 0.877. The number of nitrogen functional groups attached to an aromatic ring is 1. The van der Waals surface area contributed by atoms with Crippen molar-refractivity contribution in [3.63, 3.8) is 0 Å². The molecule has 0 bridgehead atoms. The third-order valence-electron chi connectivity index (χ3n) is 1.60. The molecule has 0 fully saturated rings. The molecule has 0 aliphatic carbocycles. The summed E-state index contributed by atoms with van der Waals surface area (Å²) in [5.41, 5.74) is 5.71. The molecule has 1 aromatic heterocycles. The largest absolute Gasteiger partial charge is 0.393 e. The molecule has 78 valence electrons. The minimum absolute atomic E-state index is 0.251. The first kappa shape index (κ1) is 10.9. The van der Waals surface area contributed by atoms with E-state index in [0.29, 0.717) is 23.8 Å². The second-order valence-corrected chi connectivity index (χ2v) is 3.85. The number of aromatic nitrogens is 1. The molecule has 6 heteroatoms. The van der Waals surface area contributed by atoms with Crippen LogP contribution in [-0.2, 0) is 0 Å². The predicted molar refractivity (Wildman–Crippen MR) is 55.2 cm³/mol. The second-order valence-electron chi connectivity index (χ2n) is 2.96. The van der Waals surface area contributed by atoms with Crippen LogP contribution in [-0.4, -0.2) is 28.6 Å². The van der Waals surface area contributed by atoms with Crippen LogP contribution in [0.3, 0.4) is 0 Å². The molecule has 1 unspecified atom stereocenters. The first-order valence-corrected chi connectivity index (χ1v) is 5.15. The number of aliphatic hydroxyl groups is 1. The van der Waals surface area contributed by atoms with Gasteiger partial charge in [0.05, 0.1) is 6.10 Å². The van der Waals surface area contributed by atoms with Gasteiger partial charge in [-0.1, -0.05) is 0 Å². The molecule has 0 spiro atoms. The lowest BCUT2D eigenvalue weighted by Crippen LogP contribution is -2.26. The van der Waals surface area contributed by atoms with E-state index in [1.54, 1.807) is 12.3 Å². The van der Waals surface area contributed by atoms with E-state index in [4.69, 9.17) is 10.8 Å². The van der Waals surface area contributed by atoms with Crippen molar-refractivity contribution in [2.75, 3.05) is 12.3 Å². The Bertz CT molecular complexity index is 311. The smallest absolute Gasteiger partial charge is 0.270 e. The van der Waals surface area contributed by atoms with Crippen LogP contribution in [0.1, 0.15) is 23.8 Å². The van der Waals surface area contributed by atoms with Gasteiger partial charge in [-0.05, 0) is 13.3 Å². The molecular weight excluding hydrogens is 202 g/mol. The Labute approximate surface area is 86.0 Å². The third kappa shape index (κ3) is 3.31. The van der Waals surface area contributed by atoms with Crippen LogP contribution in [0.25, 0.3) is 0 Å². The number of amides is 1. The van der Waals surface area contributed by atoms with Crippen LogP contribution in [0.5, 0.6) is 0 Å². The van der Waals surface area contributed by atoms with Crippen LogP contribution in [0, 0.1) is 0 Å². The Hall–Kier alpha value is -1.14. The molecule has 0 radical (unpaired) electrons. The number of rotatable bonds is 4. The number of thiazole rings is 1. The maximum atomic E-state index is 11.3. The summed E-state index contributed by atoms with van der Waals surface area (Å²) >= 11 is 1.23. The van der Waals surface area contributed by atoms with E-state index >= 15 is 0 Å². The van der Waals surface area contributed by atoms with Gasteiger partial charge in [0.25, 0.3) is 5.91 Å². The number of anilines is 1. The molecule has 5 nitrogen and oxygen atoms in total. The average molecular weight is 215 g/mol. The van der Waals surface area contributed by atoms with E-state index in [0.717, 1.165) is 0 Å². The number of carbonyl (C=O) groups is 1. The number of nitrogens with one attached hydrogen (secondary N) is 1. The number of hydrogen-bond acceptors (Lipinski definition) is 5. The molecule has 0 aliphatic heterocycles. The van der Waals surface area contributed by atoms with Gasteiger partial charge in [-0.2, -0.15) is 0 Å². The molecule has 4 N–H and O–H groups in total. The van der Waals surface area contributed by atoms with Crippen LogP contribution in [0.2, 0.25) is 0 Å². The molecular formula is C8H13N3O2S. The van der Waals surface area contributed by atoms with Gasteiger partial charge in [-0.3, -0.25) is 4.79 Å². The Morgan fingerprint density at radius 1 is 1.86 bits per heavy atom. The first-order chi connectivity index (χ1) is 6.59. The van der Waals surface area contributed by atoms with Crippen molar-refractivity contribution in [2.45, 2.75) is 19.4 Å². The van der Waals surface area contributed by atoms with Gasteiger partial charge in [0, 0.05) is 11.9 Å². The molecule has 14 heavy (non-hydrogen) atoms. The van der Waals surface area contributed by atoms with Gasteiger partial charge in [0.2, 0.25) is 0 Å². The van der Waals surface area contributed by atoms with Crippen LogP contribution in [0.4, 0.5) is 5.13 Å². The quantitative estimate of drug-likeness (QED) is 0.670. The molecule has 0 saturated heterocycles. The standard InChI is InChI=1S/C8H13N3O2S/c1-5(12)2-3-10-7(13)6-4-14-8(9)11-6/h4-5,12H,2-3H2,1H3,(H2,9,11)(H,10,13). The van der Waals surface area contributed by atoms with Crippen LogP contribution in [0.15, 0.2) is 5.38 Å². The summed E-state index contributed by atoms with van der Waals surface area (Å²) in [7, 11) is 0. The van der Waals surface area contributed by atoms with Gasteiger partial charge < -0.3 is 16.2 Å². The van der Waals surface area contributed by atoms with Crippen molar-refractivity contribution in [2.24, 2.45) is 0 Å². The number of nitrogens with two attached hydrogens (primary N) is 1. The number of hydrogen-bond donors (Lipinski definition) is 3. The molecule has 1 aromatic rings. The van der Waals surface area contributed by atoms with Gasteiger partial charge in [-0.15, -0.1) is 11.3 Å². The molecule has 1 rings (SSSR count). The SMILES string of the molecule is CC(O)CCNC(=O)c1csc(N)n1. The van der Waals surface area contributed by atoms with E-state index < -0.39 is 6.10 Å². The predicted octanol–water partition coefficient (Wildman–Crippen LogP) is 0.226. The lowest BCUT2D eigenvalue weighted by Gasteiger charge is -2.04. The summed E-state index contributed by atoms with van der Waals surface area (Å²) in [4.78, 5) is 15.2. The Morgan fingerprint density at radius 2 is 2.57 bits per heavy atom. The van der Waals surface area contributed by atoms with E-state index in [2.05, 4.69) is 10.3 Å². The maximum absolute atomic E-state index is 11.3. The third-order valence-corrected chi connectivity index (χ3v) is 2.28. The van der Waals surface area contributed by atoms with Crippen molar-refractivity contribution >= 4 is 22.4 Å². The molecule has 1 heterocycles. The fourth-order valence-corrected chi connectivity index (χ4v) is 1.42. The van der Waals surface area contributed by atoms with Crippen molar-refractivity contribution in [1.29, 1.82) is 0 Å². The lowest BCUT2D eigenvalue weighted by atomic mass is 10.3. The summed E-state index contributed by atoms with van der Waals surface area (Å²) < 4.78 is 0. The van der Waals surface area contributed by atoms with E-state index in [1.807, 2.05) is 0 Å². The number of carbonyl (C=O) groups excluding carboxylic acids is 1. The van der Waals surface area contributed by atoms with Crippen LogP contribution < -0.4 is 11.1 Å². The minimum atomic E-state index is -0.407. The molecule has 0 aromatic carbocycles. The summed E-state index contributed by atoms with van der Waals surface area (Å²) in [5.74, 6) is -0.251. The Balaban J connectivity index is 2.36. The minimum Gasteiger partial charge on any atom is -0.393 e. The Kier molecular flexibility index (Phi) is 3.84. The number of nitrogens with zero attached hydrogens (tertiary/aromatic N) is 1. The highest BCUT2D eigenvalue weighted by molar-refractivity contribution is 7.13. The zero-order chi connectivity index (χ0) is 10.6. The Morgan fingerprint density at radius 3 is 3.07 bits per heavy atom.